The number of nitrogens with two attached hydrogens (primary N) is 1. The summed E-state index contributed by atoms with van der Waals surface area (Å²) in [4.78, 5) is 12.0. The third-order valence-electron chi connectivity index (χ3n) is 5.97. The Balaban J connectivity index is 1.50. The first kappa shape index (κ1) is 18.5. The zero-order valence-electron chi connectivity index (χ0n) is 16.1. The van der Waals surface area contributed by atoms with Gasteiger partial charge < -0.3 is 11.1 Å². The highest BCUT2D eigenvalue weighted by molar-refractivity contribution is 5.26. The molecule has 1 aliphatic carbocycles. The van der Waals surface area contributed by atoms with Gasteiger partial charge in [-0.05, 0) is 74.9 Å². The van der Waals surface area contributed by atoms with Crippen LogP contribution in [0.25, 0.3) is 0 Å². The highest BCUT2D eigenvalue weighted by atomic mass is 15.2. The summed E-state index contributed by atoms with van der Waals surface area (Å²) in [6, 6.07) is 9.52. The summed E-state index contributed by atoms with van der Waals surface area (Å²) in [5, 5.41) is 3.71. The Bertz CT molecular complexity index is 747. The van der Waals surface area contributed by atoms with Crippen LogP contribution in [0.5, 0.6) is 0 Å². The topological polar surface area (TPSA) is 67.1 Å². The smallest absolute Gasteiger partial charge is 0.0607 e. The normalized spacial score (nSPS) is 21.7. The Kier molecular flexibility index (Phi) is 6.12. The van der Waals surface area contributed by atoms with Gasteiger partial charge >= 0.3 is 0 Å². The predicted octanol–water partition coefficient (Wildman–Crippen LogP) is 2.61. The van der Waals surface area contributed by atoms with Crippen LogP contribution >= 0.6 is 0 Å². The highest BCUT2D eigenvalue weighted by Crippen LogP contribution is 2.33. The number of rotatable bonds is 7. The maximum absolute atomic E-state index is 5.76. The maximum atomic E-state index is 5.76. The van der Waals surface area contributed by atoms with Gasteiger partial charge in [-0.3, -0.25) is 14.9 Å². The van der Waals surface area contributed by atoms with E-state index in [0.29, 0.717) is 12.1 Å². The summed E-state index contributed by atoms with van der Waals surface area (Å²) in [6.07, 6.45) is 10.8. The molecule has 0 saturated carbocycles. The molecule has 144 valence electrons. The van der Waals surface area contributed by atoms with Crippen LogP contribution in [-0.4, -0.2) is 40.5 Å². The summed E-state index contributed by atoms with van der Waals surface area (Å²) in [5.74, 6) is 0. The summed E-state index contributed by atoms with van der Waals surface area (Å²) >= 11 is 0. The number of nitrogens with zero attached hydrogens (tertiary/aromatic N) is 3. The van der Waals surface area contributed by atoms with E-state index >= 15 is 0 Å². The summed E-state index contributed by atoms with van der Waals surface area (Å²) in [6.45, 7) is 3.79. The van der Waals surface area contributed by atoms with Gasteiger partial charge in [0.15, 0.2) is 0 Å². The van der Waals surface area contributed by atoms with Crippen LogP contribution in [0, 0.1) is 0 Å². The molecule has 0 saturated heterocycles. The van der Waals surface area contributed by atoms with Crippen molar-refractivity contribution in [1.29, 1.82) is 0 Å². The molecule has 0 amide bonds. The molecule has 0 unspecified atom stereocenters. The van der Waals surface area contributed by atoms with Crippen LogP contribution in [0.3, 0.4) is 0 Å². The van der Waals surface area contributed by atoms with Crippen molar-refractivity contribution in [3.63, 3.8) is 0 Å². The molecule has 0 aromatic carbocycles. The van der Waals surface area contributed by atoms with Crippen molar-refractivity contribution >= 4 is 0 Å². The third-order valence-corrected chi connectivity index (χ3v) is 5.97. The molecule has 5 heteroatoms. The van der Waals surface area contributed by atoms with E-state index in [4.69, 9.17) is 10.7 Å². The molecule has 5 nitrogen and oxygen atoms in total. The number of aryl methyl sites for hydroxylation is 1. The van der Waals surface area contributed by atoms with Crippen molar-refractivity contribution in [2.24, 2.45) is 5.73 Å². The second-order valence-electron chi connectivity index (χ2n) is 7.84. The van der Waals surface area contributed by atoms with E-state index in [2.05, 4.69) is 39.5 Å². The Morgan fingerprint density at radius 2 is 1.96 bits per heavy atom. The Morgan fingerprint density at radius 1 is 1.11 bits per heavy atom. The van der Waals surface area contributed by atoms with E-state index in [1.54, 1.807) is 0 Å². The largest absolute Gasteiger partial charge is 0.330 e. The fraction of sp³-hybridized carbons (Fsp3) is 0.545. The molecule has 0 spiro atoms. The minimum Gasteiger partial charge on any atom is -0.330 e. The van der Waals surface area contributed by atoms with Crippen LogP contribution in [-0.2, 0) is 19.4 Å². The fourth-order valence-electron chi connectivity index (χ4n) is 4.58. The average Bonchev–Trinajstić information content (AvgIpc) is 2.73. The zero-order chi connectivity index (χ0) is 18.5. The molecule has 3 heterocycles. The van der Waals surface area contributed by atoms with Gasteiger partial charge in [-0.25, -0.2) is 0 Å². The molecule has 2 atom stereocenters. The van der Waals surface area contributed by atoms with Gasteiger partial charge in [-0.2, -0.15) is 0 Å². The quantitative estimate of drug-likeness (QED) is 0.738. The molecule has 4 rings (SSSR count). The molecule has 0 radical (unpaired) electrons. The predicted molar refractivity (Wildman–Crippen MR) is 108 cm³/mol. The number of fused-ring (bicyclic) bond motifs is 2. The molecule has 2 aromatic heterocycles. The van der Waals surface area contributed by atoms with Gasteiger partial charge in [0.25, 0.3) is 0 Å². The van der Waals surface area contributed by atoms with Crippen LogP contribution in [0.15, 0.2) is 36.7 Å². The van der Waals surface area contributed by atoms with E-state index in [9.17, 15) is 0 Å². The van der Waals surface area contributed by atoms with Crippen LogP contribution in [0.1, 0.15) is 54.2 Å². The van der Waals surface area contributed by atoms with E-state index in [-0.39, 0.29) is 0 Å². The monoisotopic (exact) mass is 365 g/mol. The lowest BCUT2D eigenvalue weighted by molar-refractivity contribution is 0.150. The first-order valence-corrected chi connectivity index (χ1v) is 10.4. The molecule has 2 aromatic rings. The first-order chi connectivity index (χ1) is 13.3. The highest BCUT2D eigenvalue weighted by Gasteiger charge is 2.29. The fourth-order valence-corrected chi connectivity index (χ4v) is 4.58. The van der Waals surface area contributed by atoms with Crippen molar-refractivity contribution in [2.75, 3.05) is 19.6 Å². The van der Waals surface area contributed by atoms with Crippen molar-refractivity contribution in [1.82, 2.24) is 20.2 Å². The number of unbranched alkanes of at least 4 members (excludes halogenated alkanes) is 1. The number of hydrogen-bond acceptors (Lipinski definition) is 5. The lowest BCUT2D eigenvalue weighted by atomic mass is 9.90. The molecule has 2 aliphatic rings. The molecule has 27 heavy (non-hydrogen) atoms. The summed E-state index contributed by atoms with van der Waals surface area (Å²) < 4.78 is 0. The summed E-state index contributed by atoms with van der Waals surface area (Å²) in [5.41, 5.74) is 11.1. The average molecular weight is 366 g/mol. The van der Waals surface area contributed by atoms with E-state index in [1.165, 1.54) is 35.4 Å². The molecule has 3 N–H and O–H groups in total. The number of nitrogens with one attached hydrogen (secondary N) is 1. The number of pyridine rings is 2. The van der Waals surface area contributed by atoms with E-state index in [1.807, 2.05) is 12.4 Å². The van der Waals surface area contributed by atoms with Gasteiger partial charge in [0.1, 0.15) is 0 Å². The van der Waals surface area contributed by atoms with E-state index in [0.717, 1.165) is 51.9 Å². The third kappa shape index (κ3) is 4.37. The van der Waals surface area contributed by atoms with Crippen molar-refractivity contribution in [3.8, 4) is 0 Å². The van der Waals surface area contributed by atoms with Crippen LogP contribution in [0.4, 0.5) is 0 Å². The lowest BCUT2D eigenvalue weighted by Crippen LogP contribution is -2.47. The minimum absolute atomic E-state index is 0.435. The van der Waals surface area contributed by atoms with Gasteiger partial charge in [-0.15, -0.1) is 0 Å². The van der Waals surface area contributed by atoms with Crippen LogP contribution < -0.4 is 11.1 Å². The van der Waals surface area contributed by atoms with Crippen molar-refractivity contribution in [2.45, 2.75) is 57.2 Å². The standard InChI is InChI=1S/C22H31N5/c23-10-1-2-13-27(21-9-3-6-17-7-4-12-25-22(17)21)16-19-14-18-8-5-11-24-20(18)15-26-19/h4-5,7-8,11-12,19,21,26H,1-3,6,9-10,13-16,23H2/t19-,21-/m0/s1. The maximum Gasteiger partial charge on any atom is 0.0607 e. The second kappa shape index (κ2) is 8.91. The number of aromatic nitrogens is 2. The van der Waals surface area contributed by atoms with Gasteiger partial charge in [0, 0.05) is 31.5 Å². The van der Waals surface area contributed by atoms with E-state index < -0.39 is 0 Å². The van der Waals surface area contributed by atoms with Crippen LogP contribution in [0.2, 0.25) is 0 Å². The lowest BCUT2D eigenvalue weighted by Gasteiger charge is -2.38. The van der Waals surface area contributed by atoms with Crippen molar-refractivity contribution in [3.05, 3.63) is 59.2 Å². The SMILES string of the molecule is NCCCCN(C[C@@H]1Cc2cccnc2CN1)[C@H]1CCCc2cccnc21. The molecule has 1 aliphatic heterocycles. The molecular formula is C22H31N5. The summed E-state index contributed by atoms with van der Waals surface area (Å²) in [7, 11) is 0. The van der Waals surface area contributed by atoms with Gasteiger partial charge in [0.05, 0.1) is 17.4 Å². The first-order valence-electron chi connectivity index (χ1n) is 10.4. The number of hydrogen-bond donors (Lipinski definition) is 2. The second-order valence-corrected chi connectivity index (χ2v) is 7.84. The van der Waals surface area contributed by atoms with Gasteiger partial charge in [-0.1, -0.05) is 12.1 Å². The molecular weight excluding hydrogens is 334 g/mol. The minimum atomic E-state index is 0.435. The zero-order valence-corrected chi connectivity index (χ0v) is 16.1. The Morgan fingerprint density at radius 3 is 2.85 bits per heavy atom. The Hall–Kier alpha value is -1.82. The van der Waals surface area contributed by atoms with Gasteiger partial charge in [0.2, 0.25) is 0 Å². The molecule has 0 fully saturated rings. The van der Waals surface area contributed by atoms with Crippen molar-refractivity contribution < 1.29 is 0 Å². The Labute approximate surface area is 162 Å². The molecule has 0 bridgehead atoms.